The van der Waals surface area contributed by atoms with Crippen LogP contribution in [0.4, 0.5) is 15.5 Å². The second kappa shape index (κ2) is 8.75. The third-order valence-electron chi connectivity index (χ3n) is 5.26. The number of para-hydroxylation sites is 1. The first-order valence-corrected chi connectivity index (χ1v) is 10.7. The van der Waals surface area contributed by atoms with Crippen molar-refractivity contribution in [2.75, 3.05) is 30.3 Å². The third kappa shape index (κ3) is 5.11. The van der Waals surface area contributed by atoms with Gasteiger partial charge in [-0.05, 0) is 62.4 Å². The van der Waals surface area contributed by atoms with Crippen molar-refractivity contribution in [3.63, 3.8) is 0 Å². The van der Waals surface area contributed by atoms with Gasteiger partial charge in [-0.3, -0.25) is 10.1 Å². The maximum Gasteiger partial charge on any atom is 0.324 e. The molecule has 6 nitrogen and oxygen atoms in total. The van der Waals surface area contributed by atoms with Crippen LogP contribution in [0.1, 0.15) is 35.4 Å². The lowest BCUT2D eigenvalue weighted by Crippen LogP contribution is -2.45. The van der Waals surface area contributed by atoms with Crippen molar-refractivity contribution in [2.24, 2.45) is 5.92 Å². The molecule has 0 spiro atoms. The zero-order chi connectivity index (χ0) is 19.3. The largest absolute Gasteiger partial charge is 0.338 e. The van der Waals surface area contributed by atoms with Crippen LogP contribution in [0, 0.1) is 5.92 Å². The second-order valence-corrected chi connectivity index (χ2v) is 8.61. The highest BCUT2D eigenvalue weighted by atomic mass is 32.1. The van der Waals surface area contributed by atoms with E-state index in [1.54, 1.807) is 12.1 Å². The van der Waals surface area contributed by atoms with Gasteiger partial charge in [0.1, 0.15) is 0 Å². The maximum absolute atomic E-state index is 12.8. The first kappa shape index (κ1) is 19.0. The number of piperidine rings is 1. The van der Waals surface area contributed by atoms with Crippen molar-refractivity contribution in [3.05, 3.63) is 47.3 Å². The summed E-state index contributed by atoms with van der Waals surface area (Å²) in [5.74, 6) is 0.943. The fraction of sp³-hybridized carbons (Fsp3) is 0.429. The molecule has 3 amide bonds. The molecule has 28 heavy (non-hydrogen) atoms. The normalized spacial score (nSPS) is 17.4. The van der Waals surface area contributed by atoms with E-state index in [0.29, 0.717) is 15.9 Å². The minimum atomic E-state index is -0.311. The summed E-state index contributed by atoms with van der Waals surface area (Å²) in [5, 5.41) is 9.88. The van der Waals surface area contributed by atoms with Crippen molar-refractivity contribution in [2.45, 2.75) is 31.7 Å². The van der Waals surface area contributed by atoms with E-state index < -0.39 is 0 Å². The Bertz CT molecular complexity index is 811. The van der Waals surface area contributed by atoms with Gasteiger partial charge in [-0.1, -0.05) is 18.2 Å². The van der Waals surface area contributed by atoms with Gasteiger partial charge in [0, 0.05) is 24.8 Å². The molecule has 7 heteroatoms. The number of rotatable bonds is 6. The molecule has 148 valence electrons. The molecule has 0 atom stereocenters. The molecule has 1 saturated carbocycles. The summed E-state index contributed by atoms with van der Waals surface area (Å²) in [5.41, 5.74) is 0.728. The van der Waals surface area contributed by atoms with Crippen LogP contribution >= 0.6 is 11.3 Å². The predicted octanol–water partition coefficient (Wildman–Crippen LogP) is 4.00. The van der Waals surface area contributed by atoms with Crippen LogP contribution in [0.5, 0.6) is 0 Å². The minimum absolute atomic E-state index is 0.0576. The van der Waals surface area contributed by atoms with Gasteiger partial charge >= 0.3 is 6.03 Å². The molecule has 1 aromatic carbocycles. The van der Waals surface area contributed by atoms with Gasteiger partial charge in [0.15, 0.2) is 0 Å². The average molecular weight is 399 g/mol. The summed E-state index contributed by atoms with van der Waals surface area (Å²) in [6, 6.07) is 13.1. The number of carbonyl (C=O) groups is 2. The van der Waals surface area contributed by atoms with E-state index >= 15 is 0 Å². The van der Waals surface area contributed by atoms with E-state index in [0.717, 1.165) is 44.1 Å². The molecule has 0 bridgehead atoms. The quantitative estimate of drug-likeness (QED) is 0.689. The lowest BCUT2D eigenvalue weighted by molar-refractivity contribution is 0.0710. The van der Waals surface area contributed by atoms with Gasteiger partial charge in [0.2, 0.25) is 0 Å². The molecule has 3 N–H and O–H groups in total. The third-order valence-corrected chi connectivity index (χ3v) is 6.25. The Morgan fingerprint density at radius 3 is 2.43 bits per heavy atom. The van der Waals surface area contributed by atoms with Gasteiger partial charge in [-0.25, -0.2) is 4.79 Å². The number of urea groups is 1. The van der Waals surface area contributed by atoms with Gasteiger partial charge in [-0.2, -0.15) is 0 Å². The van der Waals surface area contributed by atoms with Crippen molar-refractivity contribution in [1.82, 2.24) is 10.2 Å². The first-order valence-electron chi connectivity index (χ1n) is 9.93. The highest BCUT2D eigenvalue weighted by Gasteiger charge is 2.27. The molecule has 1 saturated heterocycles. The molecule has 2 heterocycles. The van der Waals surface area contributed by atoms with E-state index in [2.05, 4.69) is 16.0 Å². The summed E-state index contributed by atoms with van der Waals surface area (Å²) in [6.45, 7) is 2.70. The van der Waals surface area contributed by atoms with E-state index in [9.17, 15) is 9.59 Å². The van der Waals surface area contributed by atoms with Crippen LogP contribution in [0.2, 0.25) is 0 Å². The van der Waals surface area contributed by atoms with E-state index in [1.807, 2.05) is 35.2 Å². The fourth-order valence-corrected chi connectivity index (χ4v) is 4.28. The molecule has 4 rings (SSSR count). The number of hydrogen-bond donors (Lipinski definition) is 3. The van der Waals surface area contributed by atoms with Gasteiger partial charge in [0.25, 0.3) is 5.91 Å². The summed E-state index contributed by atoms with van der Waals surface area (Å²) in [7, 11) is 0. The van der Waals surface area contributed by atoms with Crippen LogP contribution in [-0.4, -0.2) is 42.5 Å². The van der Waals surface area contributed by atoms with Crippen molar-refractivity contribution >= 4 is 34.0 Å². The Hall–Kier alpha value is -2.38. The molecule has 1 aromatic heterocycles. The van der Waals surface area contributed by atoms with Crippen molar-refractivity contribution in [3.8, 4) is 0 Å². The zero-order valence-electron chi connectivity index (χ0n) is 15.8. The Morgan fingerprint density at radius 1 is 0.964 bits per heavy atom. The fourth-order valence-electron chi connectivity index (χ4n) is 3.41. The number of nitrogens with one attached hydrogen (secondary N) is 3. The van der Waals surface area contributed by atoms with Crippen LogP contribution < -0.4 is 16.0 Å². The van der Waals surface area contributed by atoms with Crippen LogP contribution in [0.15, 0.2) is 42.5 Å². The van der Waals surface area contributed by atoms with Crippen LogP contribution in [-0.2, 0) is 0 Å². The molecule has 2 aromatic rings. The van der Waals surface area contributed by atoms with Crippen molar-refractivity contribution < 1.29 is 9.59 Å². The maximum atomic E-state index is 12.8. The molecule has 1 aliphatic carbocycles. The molecule has 0 radical (unpaired) electrons. The van der Waals surface area contributed by atoms with Crippen LogP contribution in [0.25, 0.3) is 0 Å². The monoisotopic (exact) mass is 398 g/mol. The molecule has 1 aliphatic heterocycles. The SMILES string of the molecule is O=C(Nc1ccccc1)Nc1ccc(C(=O)N2CCC(NCC3CC3)CC2)s1. The second-order valence-electron chi connectivity index (χ2n) is 7.53. The summed E-state index contributed by atoms with van der Waals surface area (Å²) >= 11 is 1.32. The Kier molecular flexibility index (Phi) is 5.92. The van der Waals surface area contributed by atoms with E-state index in [4.69, 9.17) is 0 Å². The topological polar surface area (TPSA) is 73.5 Å². The Balaban J connectivity index is 1.25. The van der Waals surface area contributed by atoms with E-state index in [1.165, 1.54) is 24.2 Å². The summed E-state index contributed by atoms with van der Waals surface area (Å²) < 4.78 is 0. The molecule has 2 fully saturated rings. The predicted molar refractivity (Wildman–Crippen MR) is 113 cm³/mol. The smallest absolute Gasteiger partial charge is 0.324 e. The number of hydrogen-bond acceptors (Lipinski definition) is 4. The van der Waals surface area contributed by atoms with Gasteiger partial charge in [0.05, 0.1) is 9.88 Å². The lowest BCUT2D eigenvalue weighted by Gasteiger charge is -2.32. The minimum Gasteiger partial charge on any atom is -0.338 e. The molecule has 0 unspecified atom stereocenters. The number of nitrogens with zero attached hydrogens (tertiary/aromatic N) is 1. The van der Waals surface area contributed by atoms with Crippen LogP contribution in [0.3, 0.4) is 0 Å². The summed E-state index contributed by atoms with van der Waals surface area (Å²) in [6.07, 6.45) is 4.74. The summed E-state index contributed by atoms with van der Waals surface area (Å²) in [4.78, 5) is 27.4. The average Bonchev–Trinajstić information content (AvgIpc) is 3.44. The molecular formula is C21H26N4O2S. The Labute approximate surface area is 169 Å². The highest BCUT2D eigenvalue weighted by Crippen LogP contribution is 2.28. The Morgan fingerprint density at radius 2 is 1.71 bits per heavy atom. The lowest BCUT2D eigenvalue weighted by atomic mass is 10.0. The van der Waals surface area contributed by atoms with E-state index in [-0.39, 0.29) is 11.9 Å². The van der Waals surface area contributed by atoms with Gasteiger partial charge in [-0.15, -0.1) is 11.3 Å². The number of anilines is 2. The number of amides is 3. The zero-order valence-corrected chi connectivity index (χ0v) is 16.6. The standard InChI is InChI=1S/C21H26N4O2S/c26-20(25-12-10-16(11-13-25)22-14-15-6-7-15)18-8-9-19(28-18)24-21(27)23-17-4-2-1-3-5-17/h1-5,8-9,15-16,22H,6-7,10-14H2,(H2,23,24,27). The van der Waals surface area contributed by atoms with Crippen molar-refractivity contribution in [1.29, 1.82) is 0 Å². The first-order chi connectivity index (χ1) is 13.7. The number of carbonyl (C=O) groups excluding carboxylic acids is 2. The highest BCUT2D eigenvalue weighted by molar-refractivity contribution is 7.18. The number of thiophene rings is 1. The number of benzene rings is 1. The molecule has 2 aliphatic rings. The molecular weight excluding hydrogens is 372 g/mol. The number of likely N-dealkylation sites (tertiary alicyclic amines) is 1. The van der Waals surface area contributed by atoms with Gasteiger partial charge < -0.3 is 15.5 Å².